The van der Waals surface area contributed by atoms with Gasteiger partial charge in [0.05, 0.1) is 5.69 Å². The number of rotatable bonds is 2. The van der Waals surface area contributed by atoms with E-state index in [-0.39, 0.29) is 0 Å². The van der Waals surface area contributed by atoms with Gasteiger partial charge in [-0.15, -0.1) is 6.42 Å². The standard InChI is InChI=1S/C16H13N/c1-3-15-6-4-5-7-16(15)17-12-14-10-8-13(2)9-11-14/h1,4-12H,2H3. The normalized spacial score (nSPS) is 10.4. The summed E-state index contributed by atoms with van der Waals surface area (Å²) < 4.78 is 0. The molecule has 0 aliphatic carbocycles. The Morgan fingerprint density at radius 3 is 2.47 bits per heavy atom. The van der Waals surface area contributed by atoms with E-state index in [1.807, 2.05) is 42.6 Å². The second kappa shape index (κ2) is 5.14. The van der Waals surface area contributed by atoms with Crippen LogP contribution in [0.2, 0.25) is 0 Å². The zero-order valence-corrected chi connectivity index (χ0v) is 9.72. The van der Waals surface area contributed by atoms with Crippen molar-refractivity contribution in [3.05, 3.63) is 65.2 Å². The van der Waals surface area contributed by atoms with Crippen LogP contribution in [0.15, 0.2) is 53.5 Å². The van der Waals surface area contributed by atoms with E-state index in [2.05, 4.69) is 30.0 Å². The van der Waals surface area contributed by atoms with Crippen LogP contribution >= 0.6 is 0 Å². The molecule has 2 rings (SSSR count). The summed E-state index contributed by atoms with van der Waals surface area (Å²) in [7, 11) is 0. The summed E-state index contributed by atoms with van der Waals surface area (Å²) in [6, 6.07) is 15.9. The van der Waals surface area contributed by atoms with Gasteiger partial charge in [0.25, 0.3) is 0 Å². The lowest BCUT2D eigenvalue weighted by Crippen LogP contribution is -1.81. The van der Waals surface area contributed by atoms with E-state index >= 15 is 0 Å². The van der Waals surface area contributed by atoms with Crippen LogP contribution in [0.3, 0.4) is 0 Å². The van der Waals surface area contributed by atoms with Crippen LogP contribution in [0.25, 0.3) is 0 Å². The van der Waals surface area contributed by atoms with Gasteiger partial charge in [-0.2, -0.15) is 0 Å². The molecule has 0 aliphatic rings. The van der Waals surface area contributed by atoms with E-state index in [4.69, 9.17) is 6.42 Å². The van der Waals surface area contributed by atoms with Crippen molar-refractivity contribution in [3.63, 3.8) is 0 Å². The van der Waals surface area contributed by atoms with Crippen LogP contribution in [0.1, 0.15) is 16.7 Å². The second-order valence-corrected chi connectivity index (χ2v) is 3.83. The number of nitrogens with zero attached hydrogens (tertiary/aromatic N) is 1. The Bertz CT molecular complexity index is 571. The predicted molar refractivity (Wildman–Crippen MR) is 72.8 cm³/mol. The molecule has 0 amide bonds. The van der Waals surface area contributed by atoms with Gasteiger partial charge < -0.3 is 0 Å². The monoisotopic (exact) mass is 219 g/mol. The van der Waals surface area contributed by atoms with E-state index in [0.717, 1.165) is 16.8 Å². The fourth-order valence-corrected chi connectivity index (χ4v) is 1.50. The fraction of sp³-hybridized carbons (Fsp3) is 0.0625. The minimum atomic E-state index is 0.816. The Hall–Kier alpha value is -2.33. The Morgan fingerprint density at radius 1 is 1.06 bits per heavy atom. The quantitative estimate of drug-likeness (QED) is 0.539. The average molecular weight is 219 g/mol. The molecule has 1 heteroatoms. The summed E-state index contributed by atoms with van der Waals surface area (Å²) in [5, 5.41) is 0. The summed E-state index contributed by atoms with van der Waals surface area (Å²) in [5.74, 6) is 2.63. The molecule has 0 N–H and O–H groups in total. The van der Waals surface area contributed by atoms with Gasteiger partial charge in [-0.3, -0.25) is 4.99 Å². The van der Waals surface area contributed by atoms with Crippen molar-refractivity contribution in [1.82, 2.24) is 0 Å². The first-order valence-electron chi connectivity index (χ1n) is 5.46. The molecule has 0 spiro atoms. The maximum absolute atomic E-state index is 5.42. The lowest BCUT2D eigenvalue weighted by molar-refractivity contribution is 1.45. The zero-order chi connectivity index (χ0) is 12.1. The van der Waals surface area contributed by atoms with Crippen molar-refractivity contribution in [1.29, 1.82) is 0 Å². The van der Waals surface area contributed by atoms with Crippen LogP contribution in [0.4, 0.5) is 5.69 Å². The van der Waals surface area contributed by atoms with Crippen LogP contribution in [0, 0.1) is 19.3 Å². The zero-order valence-electron chi connectivity index (χ0n) is 9.72. The molecule has 0 bridgehead atoms. The Balaban J connectivity index is 2.26. The summed E-state index contributed by atoms with van der Waals surface area (Å²) >= 11 is 0. The van der Waals surface area contributed by atoms with Crippen molar-refractivity contribution in [3.8, 4) is 12.3 Å². The molecule has 0 aliphatic heterocycles. The van der Waals surface area contributed by atoms with Gasteiger partial charge in [-0.25, -0.2) is 0 Å². The lowest BCUT2D eigenvalue weighted by Gasteiger charge is -1.98. The van der Waals surface area contributed by atoms with Crippen molar-refractivity contribution in [2.24, 2.45) is 4.99 Å². The molecule has 17 heavy (non-hydrogen) atoms. The maximum Gasteiger partial charge on any atom is 0.0786 e. The first-order chi connectivity index (χ1) is 8.29. The Morgan fingerprint density at radius 2 is 1.76 bits per heavy atom. The van der Waals surface area contributed by atoms with Crippen LogP contribution in [0.5, 0.6) is 0 Å². The first kappa shape index (κ1) is 11.2. The largest absolute Gasteiger partial charge is 0.255 e. The fourth-order valence-electron chi connectivity index (χ4n) is 1.50. The second-order valence-electron chi connectivity index (χ2n) is 3.83. The molecule has 0 unspecified atom stereocenters. The van der Waals surface area contributed by atoms with E-state index in [9.17, 15) is 0 Å². The molecule has 1 nitrogen and oxygen atoms in total. The van der Waals surface area contributed by atoms with E-state index < -0.39 is 0 Å². The highest BCUT2D eigenvalue weighted by Gasteiger charge is 1.95. The third-order valence-corrected chi connectivity index (χ3v) is 2.49. The summed E-state index contributed by atoms with van der Waals surface area (Å²) in [6.45, 7) is 2.06. The van der Waals surface area contributed by atoms with Crippen LogP contribution < -0.4 is 0 Å². The van der Waals surface area contributed by atoms with Gasteiger partial charge in [0.15, 0.2) is 0 Å². The molecular formula is C16H13N. The number of terminal acetylenes is 1. The molecule has 2 aromatic carbocycles. The van der Waals surface area contributed by atoms with Crippen molar-refractivity contribution in [2.45, 2.75) is 6.92 Å². The number of benzene rings is 2. The van der Waals surface area contributed by atoms with Crippen molar-refractivity contribution < 1.29 is 0 Å². The topological polar surface area (TPSA) is 12.4 Å². The summed E-state index contributed by atoms with van der Waals surface area (Å²) in [5.41, 5.74) is 3.96. The maximum atomic E-state index is 5.42. The highest BCUT2D eigenvalue weighted by molar-refractivity contribution is 5.82. The third kappa shape index (κ3) is 2.83. The molecule has 0 heterocycles. The van der Waals surface area contributed by atoms with Gasteiger partial charge in [0.2, 0.25) is 0 Å². The third-order valence-electron chi connectivity index (χ3n) is 2.49. The number of hydrogen-bond acceptors (Lipinski definition) is 1. The molecule has 0 atom stereocenters. The van der Waals surface area contributed by atoms with Gasteiger partial charge in [0, 0.05) is 11.8 Å². The summed E-state index contributed by atoms with van der Waals surface area (Å²) in [4.78, 5) is 4.41. The molecule has 0 aromatic heterocycles. The lowest BCUT2D eigenvalue weighted by atomic mass is 10.1. The minimum Gasteiger partial charge on any atom is -0.255 e. The number of para-hydroxylation sites is 1. The molecule has 0 saturated heterocycles. The molecule has 82 valence electrons. The Labute approximate surface area is 102 Å². The van der Waals surface area contributed by atoms with Crippen molar-refractivity contribution >= 4 is 11.9 Å². The van der Waals surface area contributed by atoms with Gasteiger partial charge in [-0.1, -0.05) is 47.9 Å². The van der Waals surface area contributed by atoms with Gasteiger partial charge in [-0.05, 0) is 24.6 Å². The van der Waals surface area contributed by atoms with E-state index in [0.29, 0.717) is 0 Å². The average Bonchev–Trinajstić information content (AvgIpc) is 2.38. The van der Waals surface area contributed by atoms with Crippen LogP contribution in [-0.4, -0.2) is 6.21 Å². The van der Waals surface area contributed by atoms with Gasteiger partial charge >= 0.3 is 0 Å². The molecule has 2 aromatic rings. The molecular weight excluding hydrogens is 206 g/mol. The first-order valence-corrected chi connectivity index (χ1v) is 5.46. The smallest absolute Gasteiger partial charge is 0.0786 e. The molecule has 0 saturated carbocycles. The highest BCUT2D eigenvalue weighted by atomic mass is 14.7. The number of aliphatic imine (C=N–C) groups is 1. The number of hydrogen-bond donors (Lipinski definition) is 0. The van der Waals surface area contributed by atoms with E-state index in [1.165, 1.54) is 5.56 Å². The number of aryl methyl sites for hydroxylation is 1. The molecule has 0 fully saturated rings. The van der Waals surface area contributed by atoms with Gasteiger partial charge in [0.1, 0.15) is 0 Å². The summed E-state index contributed by atoms with van der Waals surface area (Å²) in [6.07, 6.45) is 7.24. The minimum absolute atomic E-state index is 0.816. The predicted octanol–water partition coefficient (Wildman–Crippen LogP) is 3.73. The Kier molecular flexibility index (Phi) is 3.37. The molecule has 0 radical (unpaired) electrons. The SMILES string of the molecule is C#Cc1ccccc1N=Cc1ccc(C)cc1. The van der Waals surface area contributed by atoms with E-state index in [1.54, 1.807) is 0 Å². The highest BCUT2D eigenvalue weighted by Crippen LogP contribution is 2.17. The van der Waals surface area contributed by atoms with Crippen LogP contribution in [-0.2, 0) is 0 Å². The van der Waals surface area contributed by atoms with Crippen molar-refractivity contribution in [2.75, 3.05) is 0 Å².